The second-order valence-corrected chi connectivity index (χ2v) is 8.62. The van der Waals surface area contributed by atoms with E-state index in [0.717, 1.165) is 51.6 Å². The summed E-state index contributed by atoms with van der Waals surface area (Å²) in [4.78, 5) is 44.2. The van der Waals surface area contributed by atoms with Crippen LogP contribution in [0.2, 0.25) is 5.02 Å². The van der Waals surface area contributed by atoms with Crippen LogP contribution in [0.5, 0.6) is 0 Å². The molecule has 0 radical (unpaired) electrons. The molecule has 2 aliphatic heterocycles. The minimum Gasteiger partial charge on any atom is -0.366 e. The molecular formula is C21H27ClN4O3. The Bertz CT molecular complexity index is 785. The molecule has 1 aliphatic carbocycles. The summed E-state index contributed by atoms with van der Waals surface area (Å²) in [5, 5.41) is 3.82. The van der Waals surface area contributed by atoms with Gasteiger partial charge >= 0.3 is 0 Å². The maximum absolute atomic E-state index is 12.6. The van der Waals surface area contributed by atoms with Crippen LogP contribution in [-0.4, -0.2) is 57.7 Å². The summed E-state index contributed by atoms with van der Waals surface area (Å²) in [7, 11) is 0. The molecule has 156 valence electrons. The fourth-order valence-corrected chi connectivity index (χ4v) is 4.83. The number of hydrogen-bond acceptors (Lipinski definition) is 5. The van der Waals surface area contributed by atoms with Crippen molar-refractivity contribution in [2.45, 2.75) is 69.9 Å². The highest BCUT2D eigenvalue weighted by molar-refractivity contribution is 6.33. The molecule has 1 N–H and O–H groups in total. The summed E-state index contributed by atoms with van der Waals surface area (Å²) < 4.78 is 0. The predicted molar refractivity (Wildman–Crippen MR) is 110 cm³/mol. The predicted octanol–water partition coefficient (Wildman–Crippen LogP) is 3.23. The summed E-state index contributed by atoms with van der Waals surface area (Å²) >= 11 is 6.41. The van der Waals surface area contributed by atoms with E-state index in [9.17, 15) is 14.4 Å². The van der Waals surface area contributed by atoms with E-state index in [4.69, 9.17) is 11.6 Å². The smallest absolute Gasteiger partial charge is 0.255 e. The molecule has 0 spiro atoms. The van der Waals surface area contributed by atoms with E-state index in [2.05, 4.69) is 10.3 Å². The van der Waals surface area contributed by atoms with Crippen LogP contribution in [0.15, 0.2) is 12.3 Å². The number of anilines is 1. The monoisotopic (exact) mass is 418 g/mol. The molecule has 7 nitrogen and oxygen atoms in total. The van der Waals surface area contributed by atoms with Crippen LogP contribution >= 0.6 is 11.6 Å². The summed E-state index contributed by atoms with van der Waals surface area (Å²) in [6.07, 6.45) is 8.82. The topological polar surface area (TPSA) is 82.6 Å². The Morgan fingerprint density at radius 3 is 2.31 bits per heavy atom. The average molecular weight is 419 g/mol. The quantitative estimate of drug-likeness (QED) is 0.759. The molecular weight excluding hydrogens is 392 g/mol. The van der Waals surface area contributed by atoms with Crippen LogP contribution < -0.4 is 5.32 Å². The van der Waals surface area contributed by atoms with Gasteiger partial charge in [0.05, 0.1) is 10.6 Å². The third kappa shape index (κ3) is 4.39. The van der Waals surface area contributed by atoms with Crippen LogP contribution in [0.25, 0.3) is 0 Å². The first-order valence-electron chi connectivity index (χ1n) is 10.6. The van der Waals surface area contributed by atoms with E-state index in [1.165, 1.54) is 11.3 Å². The van der Waals surface area contributed by atoms with Crippen molar-refractivity contribution >= 4 is 35.1 Å². The Kier molecular flexibility index (Phi) is 6.04. The lowest BCUT2D eigenvalue weighted by Gasteiger charge is -2.34. The minimum absolute atomic E-state index is 0.00824. The molecule has 1 saturated carbocycles. The number of halogens is 1. The zero-order valence-corrected chi connectivity index (χ0v) is 17.3. The van der Waals surface area contributed by atoms with Crippen LogP contribution in [0.1, 0.15) is 68.1 Å². The first kappa shape index (κ1) is 20.1. The number of piperidine rings is 1. The normalized spacial score (nSPS) is 25.4. The average Bonchev–Trinajstić information content (AvgIpc) is 3.08. The first-order chi connectivity index (χ1) is 14.0. The van der Waals surface area contributed by atoms with E-state index in [1.54, 1.807) is 12.3 Å². The number of pyridine rings is 1. The van der Waals surface area contributed by atoms with Gasteiger partial charge in [-0.25, -0.2) is 4.98 Å². The third-order valence-electron chi connectivity index (χ3n) is 6.22. The standard InChI is InChI=1S/C21H27ClN4O3/c22-17-12-14(21(29)25-10-2-1-3-11-25)13-23-20(17)24-15-4-6-16(7-5-15)26-18(27)8-9-19(26)28/h12-13,15-16H,1-11H2,(H,23,24). The number of nitrogens with one attached hydrogen (secondary N) is 1. The fourth-order valence-electron chi connectivity index (χ4n) is 4.61. The van der Waals surface area contributed by atoms with Crippen molar-refractivity contribution in [2.24, 2.45) is 0 Å². The molecule has 3 heterocycles. The zero-order valence-electron chi connectivity index (χ0n) is 16.5. The molecule has 0 aromatic carbocycles. The van der Waals surface area contributed by atoms with Gasteiger partial charge < -0.3 is 10.2 Å². The molecule has 0 atom stereocenters. The number of rotatable bonds is 4. The van der Waals surface area contributed by atoms with Gasteiger partial charge in [0.25, 0.3) is 5.91 Å². The molecule has 0 unspecified atom stereocenters. The highest BCUT2D eigenvalue weighted by atomic mass is 35.5. The van der Waals surface area contributed by atoms with Crippen LogP contribution in [-0.2, 0) is 9.59 Å². The number of hydrogen-bond donors (Lipinski definition) is 1. The molecule has 1 aromatic heterocycles. The van der Waals surface area contributed by atoms with Crippen molar-refractivity contribution in [3.63, 3.8) is 0 Å². The van der Waals surface area contributed by atoms with Crippen LogP contribution in [0.4, 0.5) is 5.82 Å². The van der Waals surface area contributed by atoms with Crippen molar-refractivity contribution in [2.75, 3.05) is 18.4 Å². The lowest BCUT2D eigenvalue weighted by molar-refractivity contribution is -0.141. The number of carbonyl (C=O) groups is 3. The molecule has 8 heteroatoms. The van der Waals surface area contributed by atoms with Gasteiger partial charge in [0, 0.05) is 44.2 Å². The lowest BCUT2D eigenvalue weighted by atomic mass is 9.90. The molecule has 0 bridgehead atoms. The van der Waals surface area contributed by atoms with E-state index in [-0.39, 0.29) is 29.8 Å². The summed E-state index contributed by atoms with van der Waals surface area (Å²) in [5.74, 6) is 0.500. The summed E-state index contributed by atoms with van der Waals surface area (Å²) in [5.41, 5.74) is 0.525. The molecule has 3 aliphatic rings. The number of imide groups is 1. The highest BCUT2D eigenvalue weighted by Gasteiger charge is 2.37. The largest absolute Gasteiger partial charge is 0.366 e. The van der Waals surface area contributed by atoms with Gasteiger partial charge in [-0.2, -0.15) is 0 Å². The van der Waals surface area contributed by atoms with Gasteiger partial charge in [-0.15, -0.1) is 0 Å². The second kappa shape index (κ2) is 8.69. The Labute approximate surface area is 175 Å². The maximum atomic E-state index is 12.6. The highest BCUT2D eigenvalue weighted by Crippen LogP contribution is 2.30. The van der Waals surface area contributed by atoms with Gasteiger partial charge in [-0.1, -0.05) is 11.6 Å². The van der Waals surface area contributed by atoms with Gasteiger partial charge in [0.1, 0.15) is 5.82 Å². The second-order valence-electron chi connectivity index (χ2n) is 8.21. The molecule has 2 saturated heterocycles. The zero-order chi connectivity index (χ0) is 20.4. The molecule has 3 amide bonds. The van der Waals surface area contributed by atoms with Crippen molar-refractivity contribution in [3.05, 3.63) is 22.8 Å². The number of aromatic nitrogens is 1. The van der Waals surface area contributed by atoms with Crippen molar-refractivity contribution in [3.8, 4) is 0 Å². The van der Waals surface area contributed by atoms with Gasteiger partial charge in [-0.05, 0) is 51.0 Å². The Morgan fingerprint density at radius 1 is 1.03 bits per heavy atom. The summed E-state index contributed by atoms with van der Waals surface area (Å²) in [6.45, 7) is 1.59. The minimum atomic E-state index is -0.0370. The van der Waals surface area contributed by atoms with Crippen molar-refractivity contribution in [1.29, 1.82) is 0 Å². The summed E-state index contributed by atoms with van der Waals surface area (Å²) in [6, 6.07) is 1.90. The van der Waals surface area contributed by atoms with E-state index in [1.807, 2.05) is 4.90 Å². The fraction of sp³-hybridized carbons (Fsp3) is 0.619. The number of carbonyl (C=O) groups excluding carboxylic acids is 3. The van der Waals surface area contributed by atoms with E-state index >= 15 is 0 Å². The van der Waals surface area contributed by atoms with Gasteiger partial charge in [0.2, 0.25) is 11.8 Å². The lowest BCUT2D eigenvalue weighted by Crippen LogP contribution is -2.43. The van der Waals surface area contributed by atoms with Crippen LogP contribution in [0.3, 0.4) is 0 Å². The van der Waals surface area contributed by atoms with E-state index < -0.39 is 0 Å². The number of amides is 3. The Morgan fingerprint density at radius 2 is 1.69 bits per heavy atom. The number of likely N-dealkylation sites (tertiary alicyclic amines) is 2. The number of nitrogens with zero attached hydrogens (tertiary/aromatic N) is 3. The SMILES string of the molecule is O=C(c1cnc(NC2CCC(N3C(=O)CCC3=O)CC2)c(Cl)c1)N1CCCCC1. The molecule has 1 aromatic rings. The van der Waals surface area contributed by atoms with Crippen molar-refractivity contribution < 1.29 is 14.4 Å². The Balaban J connectivity index is 1.34. The Hall–Kier alpha value is -2.15. The molecule has 4 rings (SSSR count). The maximum Gasteiger partial charge on any atom is 0.255 e. The van der Waals surface area contributed by atoms with E-state index in [0.29, 0.717) is 29.2 Å². The van der Waals surface area contributed by atoms with Gasteiger partial charge in [0.15, 0.2) is 0 Å². The molecule has 29 heavy (non-hydrogen) atoms. The third-order valence-corrected chi connectivity index (χ3v) is 6.51. The molecule has 3 fully saturated rings. The van der Waals surface area contributed by atoms with Crippen molar-refractivity contribution in [1.82, 2.24) is 14.8 Å². The van der Waals surface area contributed by atoms with Crippen LogP contribution in [0, 0.1) is 0 Å². The van der Waals surface area contributed by atoms with Gasteiger partial charge in [-0.3, -0.25) is 19.3 Å². The first-order valence-corrected chi connectivity index (χ1v) is 11.0.